The summed E-state index contributed by atoms with van der Waals surface area (Å²) in [5, 5.41) is 0. The molecule has 0 aromatic carbocycles. The van der Waals surface area contributed by atoms with Crippen molar-refractivity contribution in [2.75, 3.05) is 7.11 Å². The molecule has 0 aromatic rings. The highest BCUT2D eigenvalue weighted by Crippen LogP contribution is 2.33. The molecule has 1 rings (SSSR count). The first-order valence-electron chi connectivity index (χ1n) is 5.54. The van der Waals surface area contributed by atoms with E-state index < -0.39 is 17.9 Å². The fourth-order valence-corrected chi connectivity index (χ4v) is 2.00. The summed E-state index contributed by atoms with van der Waals surface area (Å²) in [5.41, 5.74) is 0. The molecule has 0 spiro atoms. The molecule has 3 atom stereocenters. The van der Waals surface area contributed by atoms with Crippen molar-refractivity contribution in [3.63, 3.8) is 0 Å². The van der Waals surface area contributed by atoms with Crippen LogP contribution in [0.5, 0.6) is 0 Å². The van der Waals surface area contributed by atoms with Gasteiger partial charge in [0.1, 0.15) is 6.10 Å². The molecular formula is C12H18O4. The van der Waals surface area contributed by atoms with E-state index in [1.165, 1.54) is 7.11 Å². The number of esters is 2. The van der Waals surface area contributed by atoms with Crippen molar-refractivity contribution in [1.29, 1.82) is 0 Å². The Bertz CT molecular complexity index is 285. The zero-order chi connectivity index (χ0) is 12.1. The highest BCUT2D eigenvalue weighted by atomic mass is 16.6. The second-order valence-electron chi connectivity index (χ2n) is 3.94. The first-order chi connectivity index (χ1) is 7.65. The minimum Gasteiger partial charge on any atom is -0.468 e. The Kier molecular flexibility index (Phi) is 4.52. The third-order valence-electron chi connectivity index (χ3n) is 3.02. The molecule has 4 heteroatoms. The topological polar surface area (TPSA) is 52.6 Å². The molecule has 16 heavy (non-hydrogen) atoms. The zero-order valence-corrected chi connectivity index (χ0v) is 9.77. The highest BCUT2D eigenvalue weighted by Gasteiger charge is 2.51. The van der Waals surface area contributed by atoms with Crippen molar-refractivity contribution in [2.24, 2.45) is 11.8 Å². The maximum Gasteiger partial charge on any atom is 0.324 e. The minimum atomic E-state index is -0.722. The Labute approximate surface area is 95.6 Å². The molecule has 0 amide bonds. The number of ether oxygens (including phenoxy) is 2. The van der Waals surface area contributed by atoms with E-state index in [4.69, 9.17) is 4.74 Å². The van der Waals surface area contributed by atoms with Crippen LogP contribution in [0, 0.1) is 11.8 Å². The van der Waals surface area contributed by atoms with Gasteiger partial charge in [0, 0.05) is 0 Å². The number of carbonyl (C=O) groups is 2. The second-order valence-corrected chi connectivity index (χ2v) is 3.94. The lowest BCUT2D eigenvalue weighted by Gasteiger charge is -2.38. The third kappa shape index (κ3) is 2.43. The van der Waals surface area contributed by atoms with E-state index in [9.17, 15) is 9.59 Å². The molecule has 0 radical (unpaired) electrons. The van der Waals surface area contributed by atoms with E-state index in [1.807, 2.05) is 13.0 Å². The van der Waals surface area contributed by atoms with Gasteiger partial charge in [0.05, 0.1) is 7.11 Å². The van der Waals surface area contributed by atoms with E-state index >= 15 is 0 Å². The van der Waals surface area contributed by atoms with Crippen molar-refractivity contribution in [3.8, 4) is 0 Å². The summed E-state index contributed by atoms with van der Waals surface area (Å²) in [6, 6.07) is 0. The van der Waals surface area contributed by atoms with Crippen molar-refractivity contribution in [3.05, 3.63) is 12.7 Å². The number of rotatable bonds is 6. The Hall–Kier alpha value is -1.32. The molecule has 0 aromatic heterocycles. The predicted molar refractivity (Wildman–Crippen MR) is 58.6 cm³/mol. The van der Waals surface area contributed by atoms with Crippen LogP contribution < -0.4 is 0 Å². The zero-order valence-electron chi connectivity index (χ0n) is 9.77. The third-order valence-corrected chi connectivity index (χ3v) is 3.02. The van der Waals surface area contributed by atoms with E-state index in [2.05, 4.69) is 11.3 Å². The lowest BCUT2D eigenvalue weighted by Crippen LogP contribution is -2.53. The smallest absolute Gasteiger partial charge is 0.324 e. The second kappa shape index (κ2) is 5.68. The first-order valence-corrected chi connectivity index (χ1v) is 5.54. The van der Waals surface area contributed by atoms with E-state index in [1.54, 1.807) is 0 Å². The molecule has 4 nitrogen and oxygen atoms in total. The number of cyclic esters (lactones) is 1. The van der Waals surface area contributed by atoms with Gasteiger partial charge in [-0.15, -0.1) is 6.58 Å². The molecule has 3 unspecified atom stereocenters. The van der Waals surface area contributed by atoms with Crippen LogP contribution in [0.2, 0.25) is 0 Å². The molecule has 1 saturated heterocycles. The average molecular weight is 226 g/mol. The lowest BCUT2D eigenvalue weighted by atomic mass is 9.82. The molecule has 1 aliphatic rings. The lowest BCUT2D eigenvalue weighted by molar-refractivity contribution is -0.200. The van der Waals surface area contributed by atoms with Crippen LogP contribution in [0.25, 0.3) is 0 Å². The van der Waals surface area contributed by atoms with Gasteiger partial charge < -0.3 is 9.47 Å². The maximum absolute atomic E-state index is 11.4. The Morgan fingerprint density at radius 3 is 2.81 bits per heavy atom. The Morgan fingerprint density at radius 1 is 1.69 bits per heavy atom. The van der Waals surface area contributed by atoms with Gasteiger partial charge in [-0.05, 0) is 25.2 Å². The quantitative estimate of drug-likeness (QED) is 0.393. The van der Waals surface area contributed by atoms with Crippen molar-refractivity contribution in [1.82, 2.24) is 0 Å². The number of methoxy groups -OCH3 is 1. The monoisotopic (exact) mass is 226 g/mol. The van der Waals surface area contributed by atoms with Crippen molar-refractivity contribution in [2.45, 2.75) is 32.3 Å². The van der Waals surface area contributed by atoms with Crippen LogP contribution in [0.1, 0.15) is 26.2 Å². The summed E-state index contributed by atoms with van der Waals surface area (Å²) in [7, 11) is 1.29. The Morgan fingerprint density at radius 2 is 2.38 bits per heavy atom. The normalized spacial score (nSPS) is 25.2. The van der Waals surface area contributed by atoms with Gasteiger partial charge in [0.25, 0.3) is 0 Å². The average Bonchev–Trinajstić information content (AvgIpc) is 2.28. The van der Waals surface area contributed by atoms with Gasteiger partial charge in [-0.25, -0.2) is 0 Å². The minimum absolute atomic E-state index is 0.208. The van der Waals surface area contributed by atoms with Gasteiger partial charge in [0.2, 0.25) is 0 Å². The molecule has 1 aliphatic heterocycles. The van der Waals surface area contributed by atoms with Gasteiger partial charge >= 0.3 is 11.9 Å². The number of carbonyl (C=O) groups excluding carboxylic acids is 2. The molecule has 1 fully saturated rings. The van der Waals surface area contributed by atoms with Crippen molar-refractivity contribution >= 4 is 11.9 Å². The van der Waals surface area contributed by atoms with Crippen LogP contribution in [0.4, 0.5) is 0 Å². The molecule has 0 bridgehead atoms. The molecule has 0 N–H and O–H groups in total. The van der Waals surface area contributed by atoms with Gasteiger partial charge in [-0.1, -0.05) is 13.0 Å². The van der Waals surface area contributed by atoms with Crippen molar-refractivity contribution < 1.29 is 19.1 Å². The summed E-state index contributed by atoms with van der Waals surface area (Å²) >= 11 is 0. The van der Waals surface area contributed by atoms with Gasteiger partial charge in [-0.3, -0.25) is 9.59 Å². The van der Waals surface area contributed by atoms with Gasteiger partial charge in [0.15, 0.2) is 5.92 Å². The molecule has 1 heterocycles. The summed E-state index contributed by atoms with van der Waals surface area (Å²) in [6.45, 7) is 5.68. The van der Waals surface area contributed by atoms with Gasteiger partial charge in [-0.2, -0.15) is 0 Å². The van der Waals surface area contributed by atoms with Crippen LogP contribution in [-0.2, 0) is 19.1 Å². The van der Waals surface area contributed by atoms with Crippen LogP contribution in [0.15, 0.2) is 12.7 Å². The number of hydrogen-bond donors (Lipinski definition) is 0. The van der Waals surface area contributed by atoms with Crippen LogP contribution >= 0.6 is 0 Å². The maximum atomic E-state index is 11.4. The van der Waals surface area contributed by atoms with E-state index in [0.717, 1.165) is 19.3 Å². The summed E-state index contributed by atoms with van der Waals surface area (Å²) in [4.78, 5) is 22.6. The molecule has 0 saturated carbocycles. The molecule has 90 valence electrons. The van der Waals surface area contributed by atoms with E-state index in [0.29, 0.717) is 0 Å². The molecular weight excluding hydrogens is 208 g/mol. The van der Waals surface area contributed by atoms with Crippen LogP contribution in [0.3, 0.4) is 0 Å². The van der Waals surface area contributed by atoms with E-state index in [-0.39, 0.29) is 12.0 Å². The Balaban J connectivity index is 2.60. The summed E-state index contributed by atoms with van der Waals surface area (Å²) in [6.07, 6.45) is 4.13. The number of hydrogen-bond acceptors (Lipinski definition) is 4. The largest absolute Gasteiger partial charge is 0.468 e. The fourth-order valence-electron chi connectivity index (χ4n) is 2.00. The SMILES string of the molecule is C=CCCC(CC)C1OC(=O)C1C(=O)OC. The predicted octanol–water partition coefficient (Wildman–Crippen LogP) is 1.69. The fraction of sp³-hybridized carbons (Fsp3) is 0.667. The highest BCUT2D eigenvalue weighted by molar-refractivity contribution is 5.99. The standard InChI is InChI=1S/C12H18O4/c1-4-6-7-8(5-2)10-9(11(13)15-3)12(14)16-10/h4,8-10H,1,5-7H2,2-3H3. The number of allylic oxidation sites excluding steroid dienone is 1. The molecule has 0 aliphatic carbocycles. The summed E-state index contributed by atoms with van der Waals surface area (Å²) < 4.78 is 9.64. The first kappa shape index (κ1) is 12.7. The summed E-state index contributed by atoms with van der Waals surface area (Å²) in [5.74, 6) is -1.47. The van der Waals surface area contributed by atoms with Crippen LogP contribution in [-0.4, -0.2) is 25.2 Å².